The molecular formula is C13H25N3. The lowest BCUT2D eigenvalue weighted by Crippen LogP contribution is -2.66. The van der Waals surface area contributed by atoms with Crippen LogP contribution >= 0.6 is 0 Å². The summed E-state index contributed by atoms with van der Waals surface area (Å²) in [5, 5.41) is 0. The summed E-state index contributed by atoms with van der Waals surface area (Å²) in [7, 11) is 0. The summed E-state index contributed by atoms with van der Waals surface area (Å²) in [4.78, 5) is 5.35. The van der Waals surface area contributed by atoms with Crippen LogP contribution in [0.1, 0.15) is 26.2 Å². The van der Waals surface area contributed by atoms with E-state index in [9.17, 15) is 0 Å². The Labute approximate surface area is 99.0 Å². The minimum atomic E-state index is 0.424. The van der Waals surface area contributed by atoms with Gasteiger partial charge in [-0.3, -0.25) is 0 Å². The largest absolute Gasteiger partial charge is 0.327 e. The normalized spacial score (nSPS) is 50.6. The SMILES string of the molecule is CCCCC12CN3CCN(CC(C3)C1N)C2. The zero-order valence-corrected chi connectivity index (χ0v) is 10.5. The summed E-state index contributed by atoms with van der Waals surface area (Å²) in [6.45, 7) is 9.88. The summed E-state index contributed by atoms with van der Waals surface area (Å²) in [5.74, 6) is 0.738. The lowest BCUT2D eigenvalue weighted by molar-refractivity contribution is -0.0232. The Balaban J connectivity index is 1.85. The van der Waals surface area contributed by atoms with Crippen molar-refractivity contribution in [3.63, 3.8) is 0 Å². The average molecular weight is 223 g/mol. The highest BCUT2D eigenvalue weighted by Crippen LogP contribution is 2.42. The topological polar surface area (TPSA) is 32.5 Å². The van der Waals surface area contributed by atoms with Crippen molar-refractivity contribution in [2.75, 3.05) is 39.3 Å². The van der Waals surface area contributed by atoms with Crippen LogP contribution < -0.4 is 5.73 Å². The predicted molar refractivity (Wildman–Crippen MR) is 66.3 cm³/mol. The summed E-state index contributed by atoms with van der Waals surface area (Å²) in [6, 6.07) is 0.463. The van der Waals surface area contributed by atoms with E-state index in [4.69, 9.17) is 5.73 Å². The van der Waals surface area contributed by atoms with E-state index < -0.39 is 0 Å². The number of fused-ring (bicyclic) bond motifs is 1. The molecule has 4 fully saturated rings. The molecule has 0 amide bonds. The molecule has 3 atom stereocenters. The first-order valence-corrected chi connectivity index (χ1v) is 6.94. The number of piperidine rings is 2. The molecule has 4 heterocycles. The first kappa shape index (κ1) is 11.0. The molecule has 16 heavy (non-hydrogen) atoms. The molecule has 2 N–H and O–H groups in total. The number of unbranched alkanes of at least 4 members (excludes halogenated alkanes) is 1. The summed E-state index contributed by atoms with van der Waals surface area (Å²) in [5.41, 5.74) is 6.98. The van der Waals surface area contributed by atoms with Crippen molar-refractivity contribution in [3.8, 4) is 0 Å². The van der Waals surface area contributed by atoms with Crippen LogP contribution in [0.5, 0.6) is 0 Å². The van der Waals surface area contributed by atoms with Crippen molar-refractivity contribution in [3.05, 3.63) is 0 Å². The Hall–Kier alpha value is -0.120. The second-order valence-electron chi connectivity index (χ2n) is 6.22. The fraction of sp³-hybridized carbons (Fsp3) is 1.00. The van der Waals surface area contributed by atoms with E-state index in [1.54, 1.807) is 0 Å². The van der Waals surface area contributed by atoms with Gasteiger partial charge in [-0.05, 0) is 6.42 Å². The highest BCUT2D eigenvalue weighted by molar-refractivity contribution is 5.07. The van der Waals surface area contributed by atoms with E-state index in [2.05, 4.69) is 16.7 Å². The molecule has 4 saturated heterocycles. The van der Waals surface area contributed by atoms with Crippen LogP contribution in [0.25, 0.3) is 0 Å². The second-order valence-corrected chi connectivity index (χ2v) is 6.22. The van der Waals surface area contributed by atoms with Crippen molar-refractivity contribution in [1.29, 1.82) is 0 Å². The quantitative estimate of drug-likeness (QED) is 0.766. The zero-order valence-electron chi connectivity index (χ0n) is 10.5. The zero-order chi connectivity index (χ0) is 11.2. The van der Waals surface area contributed by atoms with Crippen LogP contribution in [-0.2, 0) is 0 Å². The average Bonchev–Trinajstić information content (AvgIpc) is 2.51. The van der Waals surface area contributed by atoms with Crippen molar-refractivity contribution in [2.24, 2.45) is 17.1 Å². The van der Waals surface area contributed by atoms with Crippen molar-refractivity contribution in [1.82, 2.24) is 9.80 Å². The molecule has 4 bridgehead atoms. The van der Waals surface area contributed by atoms with E-state index >= 15 is 0 Å². The van der Waals surface area contributed by atoms with Gasteiger partial charge in [0.25, 0.3) is 0 Å². The van der Waals surface area contributed by atoms with E-state index in [1.165, 1.54) is 58.5 Å². The Morgan fingerprint density at radius 3 is 2.38 bits per heavy atom. The molecular weight excluding hydrogens is 198 g/mol. The maximum atomic E-state index is 6.56. The van der Waals surface area contributed by atoms with Gasteiger partial charge in [0, 0.05) is 56.6 Å². The molecule has 0 radical (unpaired) electrons. The van der Waals surface area contributed by atoms with E-state index in [0.29, 0.717) is 11.5 Å². The molecule has 0 spiro atoms. The van der Waals surface area contributed by atoms with E-state index in [-0.39, 0.29) is 0 Å². The molecule has 0 aromatic carbocycles. The summed E-state index contributed by atoms with van der Waals surface area (Å²) < 4.78 is 0. The van der Waals surface area contributed by atoms with Gasteiger partial charge in [0.05, 0.1) is 0 Å². The Morgan fingerprint density at radius 1 is 1.19 bits per heavy atom. The van der Waals surface area contributed by atoms with Crippen molar-refractivity contribution >= 4 is 0 Å². The van der Waals surface area contributed by atoms with Crippen LogP contribution in [0.3, 0.4) is 0 Å². The molecule has 4 aliphatic rings. The Kier molecular flexibility index (Phi) is 2.73. The molecule has 0 saturated carbocycles. The fourth-order valence-corrected chi connectivity index (χ4v) is 4.21. The number of rotatable bonds is 3. The predicted octanol–water partition coefficient (Wildman–Crippen LogP) is 0.751. The minimum Gasteiger partial charge on any atom is -0.327 e. The second kappa shape index (κ2) is 3.97. The monoisotopic (exact) mass is 223 g/mol. The smallest absolute Gasteiger partial charge is 0.0173 e. The van der Waals surface area contributed by atoms with Crippen LogP contribution in [0.2, 0.25) is 0 Å². The number of hydrogen-bond acceptors (Lipinski definition) is 3. The molecule has 4 rings (SSSR count). The van der Waals surface area contributed by atoms with Gasteiger partial charge in [-0.1, -0.05) is 19.8 Å². The first-order chi connectivity index (χ1) is 7.73. The van der Waals surface area contributed by atoms with Gasteiger partial charge in [0.2, 0.25) is 0 Å². The van der Waals surface area contributed by atoms with Crippen LogP contribution in [-0.4, -0.2) is 55.1 Å². The number of nitrogens with two attached hydrogens (primary N) is 1. The third-order valence-corrected chi connectivity index (χ3v) is 5.04. The molecule has 0 aromatic rings. The van der Waals surface area contributed by atoms with Gasteiger partial charge in [-0.15, -0.1) is 0 Å². The molecule has 92 valence electrons. The minimum absolute atomic E-state index is 0.424. The third kappa shape index (κ3) is 1.60. The van der Waals surface area contributed by atoms with Gasteiger partial charge in [0.1, 0.15) is 0 Å². The van der Waals surface area contributed by atoms with Gasteiger partial charge >= 0.3 is 0 Å². The molecule has 3 heteroatoms. The van der Waals surface area contributed by atoms with Gasteiger partial charge in [0.15, 0.2) is 0 Å². The third-order valence-electron chi connectivity index (χ3n) is 5.04. The standard InChI is InChI=1S/C13H25N3/c1-2-3-4-13-9-15-5-6-16(10-13)8-11(7-15)12(13)14/h11-12H,2-10,14H2,1H3. The first-order valence-electron chi connectivity index (χ1n) is 6.94. The lowest BCUT2D eigenvalue weighted by atomic mass is 9.66. The fourth-order valence-electron chi connectivity index (χ4n) is 4.21. The molecule has 4 aliphatic heterocycles. The van der Waals surface area contributed by atoms with Crippen molar-refractivity contribution in [2.45, 2.75) is 32.2 Å². The lowest BCUT2D eigenvalue weighted by Gasteiger charge is -2.54. The van der Waals surface area contributed by atoms with Gasteiger partial charge < -0.3 is 15.5 Å². The van der Waals surface area contributed by atoms with Crippen LogP contribution in [0.4, 0.5) is 0 Å². The molecule has 0 aliphatic carbocycles. The Bertz CT molecular complexity index is 250. The maximum absolute atomic E-state index is 6.56. The highest BCUT2D eigenvalue weighted by Gasteiger charge is 2.51. The maximum Gasteiger partial charge on any atom is 0.0173 e. The molecule has 3 nitrogen and oxygen atoms in total. The Morgan fingerprint density at radius 2 is 1.81 bits per heavy atom. The van der Waals surface area contributed by atoms with E-state index in [0.717, 1.165) is 5.92 Å². The summed E-state index contributed by atoms with van der Waals surface area (Å²) in [6.07, 6.45) is 4.00. The van der Waals surface area contributed by atoms with Gasteiger partial charge in [-0.2, -0.15) is 0 Å². The molecule has 3 unspecified atom stereocenters. The number of nitrogens with zero attached hydrogens (tertiary/aromatic N) is 2. The van der Waals surface area contributed by atoms with Crippen LogP contribution in [0.15, 0.2) is 0 Å². The van der Waals surface area contributed by atoms with Gasteiger partial charge in [-0.25, -0.2) is 0 Å². The number of hydrogen-bond donors (Lipinski definition) is 1. The molecule has 0 aromatic heterocycles. The van der Waals surface area contributed by atoms with E-state index in [1.807, 2.05) is 0 Å². The highest BCUT2D eigenvalue weighted by atomic mass is 15.3. The van der Waals surface area contributed by atoms with Crippen molar-refractivity contribution < 1.29 is 0 Å². The van der Waals surface area contributed by atoms with Crippen LogP contribution in [0, 0.1) is 11.3 Å². The summed E-state index contributed by atoms with van der Waals surface area (Å²) >= 11 is 0.